The van der Waals surface area contributed by atoms with Crippen LogP contribution in [0.15, 0.2) is 65.1 Å². The van der Waals surface area contributed by atoms with E-state index in [-0.39, 0.29) is 0 Å². The monoisotopic (exact) mass is 491 g/mol. The van der Waals surface area contributed by atoms with Gasteiger partial charge in [0.25, 0.3) is 0 Å². The Hall–Kier alpha value is -0.910. The SMILES string of the molecule is Brc1cc(-c2ccc([C@H]3C[I-]3)cc2)cc2sc3ccccc3c12. The molecule has 1 aromatic heterocycles. The Morgan fingerprint density at radius 2 is 1.70 bits per heavy atom. The van der Waals surface area contributed by atoms with Gasteiger partial charge >= 0.3 is 159 Å². The van der Waals surface area contributed by atoms with Crippen molar-refractivity contribution in [3.8, 4) is 11.1 Å². The van der Waals surface area contributed by atoms with Crippen LogP contribution in [0.4, 0.5) is 0 Å². The van der Waals surface area contributed by atoms with E-state index in [1.54, 1.807) is 5.56 Å². The summed E-state index contributed by atoms with van der Waals surface area (Å²) in [5, 5.41) is 2.69. The predicted octanol–water partition coefficient (Wildman–Crippen LogP) is 3.63. The van der Waals surface area contributed by atoms with Crippen molar-refractivity contribution in [2.24, 2.45) is 0 Å². The van der Waals surface area contributed by atoms with Crippen molar-refractivity contribution in [2.75, 3.05) is 4.43 Å². The topological polar surface area (TPSA) is 0 Å². The van der Waals surface area contributed by atoms with Crippen LogP contribution in [0, 0.1) is 0 Å². The molecule has 114 valence electrons. The van der Waals surface area contributed by atoms with Crippen LogP contribution in [-0.4, -0.2) is 4.43 Å². The molecule has 5 rings (SSSR count). The Kier molecular flexibility index (Phi) is 3.50. The van der Waals surface area contributed by atoms with Gasteiger partial charge in [-0.05, 0) is 0 Å². The van der Waals surface area contributed by atoms with Crippen LogP contribution < -0.4 is 21.2 Å². The number of benzene rings is 3. The second-order valence-corrected chi connectivity index (χ2v) is 11.0. The normalized spacial score (nSPS) is 17.3. The molecule has 1 aliphatic heterocycles. The summed E-state index contributed by atoms with van der Waals surface area (Å²) in [6.07, 6.45) is 0. The van der Waals surface area contributed by atoms with Gasteiger partial charge in [0, 0.05) is 0 Å². The molecule has 0 aliphatic carbocycles. The molecule has 0 radical (unpaired) electrons. The number of fused-ring (bicyclic) bond motifs is 3. The maximum absolute atomic E-state index is 3.80. The van der Waals surface area contributed by atoms with E-state index in [9.17, 15) is 0 Å². The summed E-state index contributed by atoms with van der Waals surface area (Å²) in [7, 11) is 0. The fraction of sp³-hybridized carbons (Fsp3) is 0.100. The van der Waals surface area contributed by atoms with E-state index in [2.05, 4.69) is 76.6 Å². The fourth-order valence-corrected chi connectivity index (χ4v) is 6.74. The van der Waals surface area contributed by atoms with Crippen LogP contribution in [-0.2, 0) is 0 Å². The van der Waals surface area contributed by atoms with Crippen molar-refractivity contribution in [3.05, 3.63) is 70.7 Å². The summed E-state index contributed by atoms with van der Waals surface area (Å²) < 4.78 is 6.30. The molecule has 1 atom stereocenters. The van der Waals surface area contributed by atoms with E-state index >= 15 is 0 Å². The van der Waals surface area contributed by atoms with E-state index in [1.807, 2.05) is 11.3 Å². The standard InChI is InChI=1S/C20H13BrIS/c21-16-9-14(12-5-7-13(8-6-12)17-11-22-17)10-19-20(16)15-3-1-2-4-18(15)23-19/h1-10,17H,11H2/q-1/t17-/m1/s1. The quantitative estimate of drug-likeness (QED) is 0.297. The Morgan fingerprint density at radius 1 is 0.913 bits per heavy atom. The van der Waals surface area contributed by atoms with Crippen LogP contribution in [0.2, 0.25) is 0 Å². The molecule has 0 nitrogen and oxygen atoms in total. The van der Waals surface area contributed by atoms with Crippen molar-refractivity contribution in [3.63, 3.8) is 0 Å². The second kappa shape index (κ2) is 5.57. The summed E-state index contributed by atoms with van der Waals surface area (Å²) in [5.74, 6) is 0. The van der Waals surface area contributed by atoms with Gasteiger partial charge < -0.3 is 0 Å². The molecule has 0 unspecified atom stereocenters. The van der Waals surface area contributed by atoms with Crippen molar-refractivity contribution in [2.45, 2.75) is 3.92 Å². The van der Waals surface area contributed by atoms with E-state index < -0.39 is 0 Å². The average molecular weight is 492 g/mol. The summed E-state index contributed by atoms with van der Waals surface area (Å²) in [4.78, 5) is 0. The predicted molar refractivity (Wildman–Crippen MR) is 100 cm³/mol. The van der Waals surface area contributed by atoms with Gasteiger partial charge in [0.2, 0.25) is 0 Å². The first kappa shape index (κ1) is 14.4. The molecular weight excluding hydrogens is 479 g/mol. The van der Waals surface area contributed by atoms with E-state index in [1.165, 1.54) is 40.2 Å². The van der Waals surface area contributed by atoms with Crippen LogP contribution in [0.5, 0.6) is 0 Å². The third-order valence-corrected chi connectivity index (χ3v) is 8.57. The molecule has 0 N–H and O–H groups in total. The Morgan fingerprint density at radius 3 is 2.48 bits per heavy atom. The molecule has 2 heterocycles. The van der Waals surface area contributed by atoms with Crippen molar-refractivity contribution < 1.29 is 21.2 Å². The first-order valence-corrected chi connectivity index (χ1v) is 12.0. The van der Waals surface area contributed by atoms with Crippen molar-refractivity contribution in [1.82, 2.24) is 0 Å². The van der Waals surface area contributed by atoms with Crippen molar-refractivity contribution in [1.29, 1.82) is 0 Å². The molecule has 4 aromatic rings. The molecule has 0 amide bonds. The summed E-state index contributed by atoms with van der Waals surface area (Å²) >= 11 is 6.16. The number of hydrogen-bond donors (Lipinski definition) is 0. The van der Waals surface area contributed by atoms with Gasteiger partial charge in [-0.25, -0.2) is 0 Å². The van der Waals surface area contributed by atoms with Gasteiger partial charge in [0.1, 0.15) is 0 Å². The van der Waals surface area contributed by atoms with Crippen LogP contribution in [0.1, 0.15) is 9.49 Å². The first-order chi connectivity index (χ1) is 11.3. The molecule has 1 saturated heterocycles. The number of halogens is 2. The zero-order valence-electron chi connectivity index (χ0n) is 12.2. The fourth-order valence-electron chi connectivity index (χ4n) is 3.08. The molecular formula is C20H13BrIS-. The number of rotatable bonds is 2. The zero-order valence-corrected chi connectivity index (χ0v) is 16.8. The Bertz CT molecular complexity index is 1030. The van der Waals surface area contributed by atoms with Crippen molar-refractivity contribution >= 4 is 47.4 Å². The van der Waals surface area contributed by atoms with Gasteiger partial charge in [-0.15, -0.1) is 0 Å². The van der Waals surface area contributed by atoms with E-state index in [4.69, 9.17) is 0 Å². The summed E-state index contributed by atoms with van der Waals surface area (Å²) in [6.45, 7) is 0. The Balaban J connectivity index is 1.68. The third kappa shape index (κ3) is 2.53. The molecule has 3 aromatic carbocycles. The van der Waals surface area contributed by atoms with E-state index in [0.29, 0.717) is 21.2 Å². The molecule has 1 fully saturated rings. The summed E-state index contributed by atoms with van der Waals surface area (Å²) in [5.41, 5.74) is 4.16. The number of thiophene rings is 1. The van der Waals surface area contributed by atoms with Gasteiger partial charge in [-0.3, -0.25) is 0 Å². The number of alkyl halides is 2. The zero-order chi connectivity index (χ0) is 15.4. The molecule has 3 heteroatoms. The van der Waals surface area contributed by atoms with Gasteiger partial charge in [-0.1, -0.05) is 0 Å². The third-order valence-electron chi connectivity index (χ3n) is 4.34. The molecule has 0 bridgehead atoms. The molecule has 23 heavy (non-hydrogen) atoms. The first-order valence-electron chi connectivity index (χ1n) is 7.58. The van der Waals surface area contributed by atoms with Gasteiger partial charge in [0.05, 0.1) is 0 Å². The summed E-state index contributed by atoms with van der Waals surface area (Å²) in [6, 6.07) is 22.5. The van der Waals surface area contributed by atoms with Crippen LogP contribution in [0.3, 0.4) is 0 Å². The molecule has 0 saturated carbocycles. The molecule has 0 spiro atoms. The maximum atomic E-state index is 3.80. The molecule has 1 aliphatic rings. The van der Waals surface area contributed by atoms with Gasteiger partial charge in [-0.2, -0.15) is 0 Å². The Labute approximate surface area is 157 Å². The minimum atomic E-state index is 0.483. The van der Waals surface area contributed by atoms with E-state index in [0.717, 1.165) is 3.92 Å². The van der Waals surface area contributed by atoms with Crippen LogP contribution in [0.25, 0.3) is 31.3 Å². The number of hydrogen-bond acceptors (Lipinski definition) is 1. The van der Waals surface area contributed by atoms with Gasteiger partial charge in [0.15, 0.2) is 0 Å². The second-order valence-electron chi connectivity index (χ2n) is 5.83. The minimum absolute atomic E-state index is 0.483. The average Bonchev–Trinajstić information content (AvgIpc) is 3.35. The van der Waals surface area contributed by atoms with Crippen LogP contribution >= 0.6 is 27.3 Å².